The van der Waals surface area contributed by atoms with Crippen molar-refractivity contribution in [3.05, 3.63) is 102 Å². The van der Waals surface area contributed by atoms with Crippen molar-refractivity contribution < 1.29 is 53.7 Å². The molecular weight excluding hydrogens is 995 g/mol. The summed E-state index contributed by atoms with van der Waals surface area (Å²) in [7, 11) is 1.94. The molecule has 1 saturated heterocycles. The van der Waals surface area contributed by atoms with Crippen molar-refractivity contribution >= 4 is 79.7 Å². The number of aromatic hydroxyl groups is 1. The van der Waals surface area contributed by atoms with Crippen LogP contribution in [0.4, 0.5) is 0 Å². The molecule has 3 aromatic carbocycles. The summed E-state index contributed by atoms with van der Waals surface area (Å²) < 4.78 is -1.42. The number of phenolic OH excluding ortho intramolecular Hbond substituents is 1. The molecule has 1 aliphatic rings. The molecule has 0 bridgehead atoms. The number of para-hydroxylation sites is 1. The molecular formula is C50H67N11O11S2. The number of aromatic nitrogens is 1. The third-order valence-corrected chi connectivity index (χ3v) is 15.5. The normalized spacial score (nSPS) is 23.1. The van der Waals surface area contributed by atoms with Crippen molar-refractivity contribution in [1.82, 2.24) is 42.2 Å². The quantitative estimate of drug-likeness (QED) is 0.0585. The van der Waals surface area contributed by atoms with Crippen LogP contribution in [0.5, 0.6) is 5.75 Å². The zero-order valence-corrected chi connectivity index (χ0v) is 43.1. The van der Waals surface area contributed by atoms with Gasteiger partial charge in [-0.05, 0) is 88.4 Å². The number of phenols is 1. The number of primary amides is 1. The highest BCUT2D eigenvalue weighted by Crippen LogP contribution is 2.39. The lowest BCUT2D eigenvalue weighted by atomic mass is 9.99. The topological polar surface area (TPSA) is 375 Å². The minimum Gasteiger partial charge on any atom is -0.508 e. The Labute approximate surface area is 436 Å². The Balaban J connectivity index is 1.62. The summed E-state index contributed by atoms with van der Waals surface area (Å²) in [5.41, 5.74) is 20.3. The number of fused-ring (bicyclic) bond motifs is 1. The molecule has 4 aromatic rings. The van der Waals surface area contributed by atoms with Crippen LogP contribution in [0, 0.1) is 0 Å². The number of hydrogen-bond donors (Lipinski definition) is 14. The van der Waals surface area contributed by atoms with Gasteiger partial charge in [-0.1, -0.05) is 82.3 Å². The predicted octanol–water partition coefficient (Wildman–Crippen LogP) is -1.22. The molecule has 17 N–H and O–H groups in total. The molecule has 2 unspecified atom stereocenters. The van der Waals surface area contributed by atoms with Gasteiger partial charge in [0.15, 0.2) is 0 Å². The second kappa shape index (κ2) is 27.0. The van der Waals surface area contributed by atoms with E-state index in [1.807, 2.05) is 18.2 Å². The van der Waals surface area contributed by atoms with E-state index in [1.54, 1.807) is 42.6 Å². The van der Waals surface area contributed by atoms with Crippen LogP contribution in [0.15, 0.2) is 85.1 Å². The number of rotatable bonds is 16. The summed E-state index contributed by atoms with van der Waals surface area (Å²) in [6.07, 6.45) is -1.53. The summed E-state index contributed by atoms with van der Waals surface area (Å²) in [4.78, 5) is 116. The number of H-pyrrole nitrogens is 1. The van der Waals surface area contributed by atoms with Gasteiger partial charge in [-0.25, -0.2) is 0 Å². The first-order valence-electron chi connectivity index (χ1n) is 24.0. The van der Waals surface area contributed by atoms with Gasteiger partial charge in [-0.3, -0.25) is 38.4 Å². The van der Waals surface area contributed by atoms with Crippen molar-refractivity contribution in [1.29, 1.82) is 0 Å². The fourth-order valence-electron chi connectivity index (χ4n) is 8.05. The first-order chi connectivity index (χ1) is 35.1. The van der Waals surface area contributed by atoms with Gasteiger partial charge in [0, 0.05) is 40.4 Å². The molecule has 8 amide bonds. The van der Waals surface area contributed by atoms with E-state index in [9.17, 15) is 53.7 Å². The number of benzene rings is 3. The lowest BCUT2D eigenvalue weighted by Gasteiger charge is -2.36. The van der Waals surface area contributed by atoms with E-state index in [0.29, 0.717) is 11.1 Å². The number of nitrogens with one attached hydrogen (secondary N) is 8. The molecule has 22 nitrogen and oxygen atoms in total. The van der Waals surface area contributed by atoms with Crippen LogP contribution in [-0.4, -0.2) is 145 Å². The maximum absolute atomic E-state index is 14.8. The van der Waals surface area contributed by atoms with Crippen molar-refractivity contribution in [2.24, 2.45) is 17.2 Å². The Morgan fingerprint density at radius 3 is 2.01 bits per heavy atom. The fourth-order valence-corrected chi connectivity index (χ4v) is 10.9. The number of aromatic amines is 1. The molecule has 0 radical (unpaired) electrons. The largest absolute Gasteiger partial charge is 0.508 e. The smallest absolute Gasteiger partial charge is 0.245 e. The van der Waals surface area contributed by atoms with Gasteiger partial charge in [-0.15, -0.1) is 0 Å². The molecule has 400 valence electrons. The highest BCUT2D eigenvalue weighted by Gasteiger charge is 2.43. The first kappa shape index (κ1) is 58.2. The average Bonchev–Trinajstić information content (AvgIpc) is 3.76. The summed E-state index contributed by atoms with van der Waals surface area (Å²) >= 11 is 0. The molecule has 10 atom stereocenters. The van der Waals surface area contributed by atoms with Crippen molar-refractivity contribution in [3.63, 3.8) is 0 Å². The third kappa shape index (κ3) is 16.4. The molecule has 74 heavy (non-hydrogen) atoms. The highest BCUT2D eigenvalue weighted by molar-refractivity contribution is 8.77. The predicted molar refractivity (Wildman–Crippen MR) is 280 cm³/mol. The summed E-state index contributed by atoms with van der Waals surface area (Å²) in [5, 5.41) is 50.5. The van der Waals surface area contributed by atoms with Crippen LogP contribution >= 0.6 is 21.6 Å². The molecule has 5 rings (SSSR count). The zero-order chi connectivity index (χ0) is 54.3. The number of hydrogen-bond acceptors (Lipinski definition) is 15. The van der Waals surface area contributed by atoms with Gasteiger partial charge in [0.25, 0.3) is 0 Å². The van der Waals surface area contributed by atoms with E-state index in [-0.39, 0.29) is 50.2 Å². The van der Waals surface area contributed by atoms with E-state index in [1.165, 1.54) is 52.0 Å². The minimum atomic E-state index is -1.76. The zero-order valence-electron chi connectivity index (χ0n) is 41.5. The Morgan fingerprint density at radius 2 is 1.38 bits per heavy atom. The number of aliphatic hydroxyl groups excluding tert-OH is 2. The van der Waals surface area contributed by atoms with Crippen LogP contribution < -0.4 is 54.4 Å². The number of carbonyl (C=O) groups is 8. The highest BCUT2D eigenvalue weighted by atomic mass is 33.1. The summed E-state index contributed by atoms with van der Waals surface area (Å²) in [6.45, 7) is 5.57. The average molecular weight is 1060 g/mol. The van der Waals surface area contributed by atoms with Crippen molar-refractivity contribution in [3.8, 4) is 5.75 Å². The van der Waals surface area contributed by atoms with Crippen LogP contribution in [0.2, 0.25) is 0 Å². The Hall–Kier alpha value is -6.70. The monoisotopic (exact) mass is 1060 g/mol. The molecule has 0 saturated carbocycles. The van der Waals surface area contributed by atoms with E-state index in [0.717, 1.165) is 38.1 Å². The summed E-state index contributed by atoms with van der Waals surface area (Å²) in [5.74, 6) is -7.70. The van der Waals surface area contributed by atoms with Crippen molar-refractivity contribution in [2.75, 3.05) is 12.3 Å². The minimum absolute atomic E-state index is 0.0658. The van der Waals surface area contributed by atoms with Crippen molar-refractivity contribution in [2.45, 2.75) is 125 Å². The van der Waals surface area contributed by atoms with Gasteiger partial charge < -0.3 is 74.7 Å². The number of nitrogens with two attached hydrogens (primary N) is 3. The molecule has 1 aliphatic heterocycles. The van der Waals surface area contributed by atoms with Gasteiger partial charge >= 0.3 is 0 Å². The number of carbonyl (C=O) groups excluding carboxylic acids is 8. The second-order valence-electron chi connectivity index (χ2n) is 18.7. The lowest BCUT2D eigenvalue weighted by Crippen LogP contribution is -2.65. The molecule has 24 heteroatoms. The van der Waals surface area contributed by atoms with E-state index < -0.39 is 113 Å². The molecule has 1 fully saturated rings. The van der Waals surface area contributed by atoms with Gasteiger partial charge in [0.1, 0.15) is 48.0 Å². The SMILES string of the molecule is C[C@H](O)[C@H](NC(=O)[C@@H]1NC(=O)[C@H]([C@@H](C)O)NC(=O)C(CCCN)NC(=O)[C@H](Cc2c[nH]c3ccccc23)NC(=O)[C@H](Cc2ccc(O)cc2)NC(=O)C(NC(=O)[C@@H](N)Cc2ccccc2)CSSC1(C)C)C(N)=O. The fraction of sp³-hybridized carbons (Fsp3) is 0.440. The Bertz CT molecular complexity index is 2600. The standard InChI is InChI=1S/C50H67N11O11S2/c1-26(62)39(42(53)65)59-49(72)41-50(3,4)74-73-25-38(58-43(66)33(52)21-28-11-6-5-7-12-28)47(70)56-36(22-29-16-18-31(64)19-17-29)45(68)57-37(23-30-24-54-34-14-9-8-13-32(30)34)46(69)55-35(15-10-20-51)44(67)60-40(27(2)63)48(71)61-41/h5-9,11-14,16-19,24,26-27,33,35-41,54,62-64H,10,15,20-23,25,51-52H2,1-4H3,(H2,53,65)(H,55,69)(H,56,70)(H,57,68)(H,58,66)(H,59,72)(H,60,67)(H,61,71)/t26-,27+,33-,35?,36-,37-,38?,39-,40-,41-/m0/s1. The Morgan fingerprint density at radius 1 is 0.770 bits per heavy atom. The third-order valence-electron chi connectivity index (χ3n) is 12.2. The van der Waals surface area contributed by atoms with E-state index in [2.05, 4.69) is 42.2 Å². The molecule has 0 aliphatic carbocycles. The van der Waals surface area contributed by atoms with Crippen LogP contribution in [0.25, 0.3) is 10.9 Å². The van der Waals surface area contributed by atoms with Gasteiger partial charge in [0.2, 0.25) is 47.3 Å². The number of aliphatic hydroxyl groups is 2. The van der Waals surface area contributed by atoms with Crippen LogP contribution in [0.3, 0.4) is 0 Å². The first-order valence-corrected chi connectivity index (χ1v) is 26.3. The maximum atomic E-state index is 14.8. The van der Waals surface area contributed by atoms with Crippen LogP contribution in [-0.2, 0) is 57.6 Å². The van der Waals surface area contributed by atoms with E-state index >= 15 is 0 Å². The molecule has 0 spiro atoms. The van der Waals surface area contributed by atoms with E-state index in [4.69, 9.17) is 17.2 Å². The van der Waals surface area contributed by atoms with Crippen LogP contribution in [0.1, 0.15) is 57.2 Å². The van der Waals surface area contributed by atoms with Gasteiger partial charge in [0.05, 0.1) is 18.2 Å². The summed E-state index contributed by atoms with van der Waals surface area (Å²) in [6, 6.07) is 10.1. The maximum Gasteiger partial charge on any atom is 0.245 e. The van der Waals surface area contributed by atoms with Gasteiger partial charge in [-0.2, -0.15) is 0 Å². The Kier molecular flexibility index (Phi) is 21.2. The number of amides is 8. The molecule has 2 heterocycles. The molecule has 1 aromatic heterocycles. The lowest BCUT2D eigenvalue weighted by molar-refractivity contribution is -0.137. The second-order valence-corrected chi connectivity index (χ2v) is 21.7.